The van der Waals surface area contributed by atoms with Crippen LogP contribution in [0, 0.1) is 0 Å². The number of likely N-dealkylation sites (N-methyl/N-ethyl adjacent to an activating group) is 1. The third-order valence-electron chi connectivity index (χ3n) is 2.21. The Bertz CT molecular complexity index is 221. The lowest BCUT2D eigenvalue weighted by molar-refractivity contribution is -0.890. The molecule has 1 rings (SSSR count). The van der Waals surface area contributed by atoms with Gasteiger partial charge in [-0.15, -0.1) is 0 Å². The van der Waals surface area contributed by atoms with E-state index in [2.05, 4.69) is 20.7 Å². The first-order chi connectivity index (χ1) is 6.53. The van der Waals surface area contributed by atoms with Crippen LogP contribution in [0.3, 0.4) is 0 Å². The van der Waals surface area contributed by atoms with E-state index in [0.717, 1.165) is 24.2 Å². The van der Waals surface area contributed by atoms with Crippen molar-refractivity contribution >= 4 is 5.97 Å². The van der Waals surface area contributed by atoms with Crippen molar-refractivity contribution in [2.45, 2.75) is 6.10 Å². The summed E-state index contributed by atoms with van der Waals surface area (Å²) in [6.45, 7) is 6.42. The number of quaternary nitrogens is 1. The van der Waals surface area contributed by atoms with Crippen LogP contribution in [0.25, 0.3) is 0 Å². The van der Waals surface area contributed by atoms with Crippen molar-refractivity contribution in [1.29, 1.82) is 0 Å². The van der Waals surface area contributed by atoms with E-state index in [0.29, 0.717) is 12.7 Å². The minimum atomic E-state index is -0.354. The van der Waals surface area contributed by atoms with Crippen LogP contribution < -0.4 is 0 Å². The van der Waals surface area contributed by atoms with Crippen LogP contribution in [0.15, 0.2) is 12.7 Å². The lowest BCUT2D eigenvalue weighted by atomic mass is 10.3. The van der Waals surface area contributed by atoms with Crippen LogP contribution in [-0.2, 0) is 14.3 Å². The largest absolute Gasteiger partial charge is 0.457 e. The Labute approximate surface area is 84.7 Å². The molecule has 4 heteroatoms. The molecule has 1 saturated heterocycles. The summed E-state index contributed by atoms with van der Waals surface area (Å²) in [6.07, 6.45) is 1.59. The minimum absolute atomic E-state index is 0.354. The third-order valence-corrected chi connectivity index (χ3v) is 2.21. The predicted octanol–water partition coefficient (Wildman–Crippen LogP) is 0.191. The van der Waals surface area contributed by atoms with Gasteiger partial charge in [0.15, 0.2) is 0 Å². The zero-order valence-corrected chi connectivity index (χ0v) is 8.86. The van der Waals surface area contributed by atoms with Crippen molar-refractivity contribution in [2.75, 3.05) is 40.4 Å². The van der Waals surface area contributed by atoms with E-state index in [1.54, 1.807) is 0 Å². The van der Waals surface area contributed by atoms with Gasteiger partial charge in [-0.1, -0.05) is 6.58 Å². The molecule has 1 aliphatic rings. The molecule has 0 amide bonds. The molecule has 80 valence electrons. The Morgan fingerprint density at radius 2 is 2.36 bits per heavy atom. The summed E-state index contributed by atoms with van der Waals surface area (Å²) in [5.74, 6) is -0.354. The van der Waals surface area contributed by atoms with Crippen molar-refractivity contribution in [2.24, 2.45) is 0 Å². The minimum Gasteiger partial charge on any atom is -0.457 e. The summed E-state index contributed by atoms with van der Waals surface area (Å²) in [5.41, 5.74) is 0. The Hall–Kier alpha value is -0.870. The molecule has 1 aliphatic heterocycles. The van der Waals surface area contributed by atoms with Crippen molar-refractivity contribution in [3.8, 4) is 0 Å². The van der Waals surface area contributed by atoms with Crippen LogP contribution in [-0.4, -0.2) is 57.0 Å². The number of hydrogen-bond acceptors (Lipinski definition) is 3. The Balaban J connectivity index is 2.14. The van der Waals surface area contributed by atoms with E-state index in [4.69, 9.17) is 9.47 Å². The third kappa shape index (κ3) is 4.39. The molecule has 0 saturated carbocycles. The molecular weight excluding hydrogens is 182 g/mol. The monoisotopic (exact) mass is 200 g/mol. The molecule has 1 unspecified atom stereocenters. The molecule has 0 N–H and O–H groups in total. The highest BCUT2D eigenvalue weighted by molar-refractivity contribution is 5.81. The SMILES string of the molecule is C=CC(=O)OCC[N+](C)(C)CC1CO1. The highest BCUT2D eigenvalue weighted by atomic mass is 16.6. The van der Waals surface area contributed by atoms with Crippen LogP contribution in [0.4, 0.5) is 0 Å². The first kappa shape index (κ1) is 11.2. The van der Waals surface area contributed by atoms with E-state index in [1.165, 1.54) is 6.08 Å². The van der Waals surface area contributed by atoms with Gasteiger partial charge in [0.1, 0.15) is 25.8 Å². The summed E-state index contributed by atoms with van der Waals surface area (Å²) in [5, 5.41) is 0. The topological polar surface area (TPSA) is 38.8 Å². The molecule has 0 aromatic carbocycles. The van der Waals surface area contributed by atoms with Gasteiger partial charge < -0.3 is 14.0 Å². The molecule has 0 aromatic rings. The Kier molecular flexibility index (Phi) is 3.66. The number of hydrogen-bond donors (Lipinski definition) is 0. The number of rotatable bonds is 6. The number of epoxide rings is 1. The predicted molar refractivity (Wildman–Crippen MR) is 52.7 cm³/mol. The molecule has 4 nitrogen and oxygen atoms in total. The van der Waals surface area contributed by atoms with Crippen molar-refractivity contribution in [3.05, 3.63) is 12.7 Å². The first-order valence-electron chi connectivity index (χ1n) is 4.76. The van der Waals surface area contributed by atoms with Gasteiger partial charge in [0.25, 0.3) is 0 Å². The Morgan fingerprint density at radius 3 is 2.86 bits per heavy atom. The normalized spacial score (nSPS) is 20.3. The second-order valence-electron chi connectivity index (χ2n) is 4.17. The summed E-state index contributed by atoms with van der Waals surface area (Å²) >= 11 is 0. The lowest BCUT2D eigenvalue weighted by Gasteiger charge is -2.28. The quantitative estimate of drug-likeness (QED) is 0.266. The highest BCUT2D eigenvalue weighted by Gasteiger charge is 2.31. The van der Waals surface area contributed by atoms with Crippen LogP contribution >= 0.6 is 0 Å². The van der Waals surface area contributed by atoms with E-state index in [-0.39, 0.29) is 5.97 Å². The zero-order chi connectivity index (χ0) is 10.6. The summed E-state index contributed by atoms with van der Waals surface area (Å²) < 4.78 is 10.9. The summed E-state index contributed by atoms with van der Waals surface area (Å²) in [4.78, 5) is 10.8. The second kappa shape index (κ2) is 4.57. The molecule has 1 atom stereocenters. The van der Waals surface area contributed by atoms with Crippen LogP contribution in [0.2, 0.25) is 0 Å². The number of carbonyl (C=O) groups is 1. The average Bonchev–Trinajstić information content (AvgIpc) is 2.86. The van der Waals surface area contributed by atoms with Gasteiger partial charge in [-0.3, -0.25) is 0 Å². The molecular formula is C10H18NO3+. The van der Waals surface area contributed by atoms with E-state index in [1.807, 2.05) is 0 Å². The number of nitrogens with zero attached hydrogens (tertiary/aromatic N) is 1. The molecule has 1 heterocycles. The van der Waals surface area contributed by atoms with Crippen molar-refractivity contribution in [3.63, 3.8) is 0 Å². The maximum atomic E-state index is 10.8. The van der Waals surface area contributed by atoms with E-state index < -0.39 is 0 Å². The van der Waals surface area contributed by atoms with Gasteiger partial charge in [-0.2, -0.15) is 0 Å². The average molecular weight is 200 g/mol. The molecule has 14 heavy (non-hydrogen) atoms. The summed E-state index contributed by atoms with van der Waals surface area (Å²) in [7, 11) is 4.20. The van der Waals surface area contributed by atoms with Crippen LogP contribution in [0.1, 0.15) is 0 Å². The molecule has 0 radical (unpaired) electrons. The van der Waals surface area contributed by atoms with Crippen LogP contribution in [0.5, 0.6) is 0 Å². The summed E-state index contributed by atoms with van der Waals surface area (Å²) in [6, 6.07) is 0. The van der Waals surface area contributed by atoms with Gasteiger partial charge in [0.05, 0.1) is 20.7 Å². The van der Waals surface area contributed by atoms with Gasteiger partial charge in [0, 0.05) is 6.08 Å². The van der Waals surface area contributed by atoms with Gasteiger partial charge in [-0.05, 0) is 0 Å². The molecule has 0 bridgehead atoms. The molecule has 0 aromatic heterocycles. The fourth-order valence-electron chi connectivity index (χ4n) is 1.27. The van der Waals surface area contributed by atoms with Crippen molar-refractivity contribution < 1.29 is 18.8 Å². The smallest absolute Gasteiger partial charge is 0.330 e. The first-order valence-corrected chi connectivity index (χ1v) is 4.76. The maximum absolute atomic E-state index is 10.8. The molecule has 1 fully saturated rings. The van der Waals surface area contributed by atoms with Gasteiger partial charge in [0.2, 0.25) is 0 Å². The number of ether oxygens (including phenoxy) is 2. The zero-order valence-electron chi connectivity index (χ0n) is 8.86. The lowest BCUT2D eigenvalue weighted by Crippen LogP contribution is -2.45. The number of carbonyl (C=O) groups excluding carboxylic acids is 1. The fourth-order valence-corrected chi connectivity index (χ4v) is 1.27. The van der Waals surface area contributed by atoms with Crippen molar-refractivity contribution in [1.82, 2.24) is 0 Å². The highest BCUT2D eigenvalue weighted by Crippen LogP contribution is 2.13. The molecule has 0 spiro atoms. The van der Waals surface area contributed by atoms with E-state index >= 15 is 0 Å². The second-order valence-corrected chi connectivity index (χ2v) is 4.17. The fraction of sp³-hybridized carbons (Fsp3) is 0.700. The van der Waals surface area contributed by atoms with E-state index in [9.17, 15) is 4.79 Å². The van der Waals surface area contributed by atoms with Gasteiger partial charge in [-0.25, -0.2) is 4.79 Å². The molecule has 0 aliphatic carbocycles. The van der Waals surface area contributed by atoms with Gasteiger partial charge >= 0.3 is 5.97 Å². The maximum Gasteiger partial charge on any atom is 0.330 e. The number of esters is 1. The Morgan fingerprint density at radius 1 is 1.71 bits per heavy atom. The standard InChI is InChI=1S/C10H18NO3/c1-4-10(12)13-6-5-11(2,3)7-9-8-14-9/h4,9H,1,5-8H2,2-3H3/q+1.